The zero-order valence-electron chi connectivity index (χ0n) is 26.3. The molecule has 0 aliphatic carbocycles. The summed E-state index contributed by atoms with van der Waals surface area (Å²) in [6.07, 6.45) is -3.61. The van der Waals surface area contributed by atoms with E-state index in [0.717, 1.165) is 0 Å². The molecule has 1 aromatic heterocycles. The molecular formula is C33H35ClF3N5O6. The van der Waals surface area contributed by atoms with Gasteiger partial charge in [-0.1, -0.05) is 49.7 Å². The van der Waals surface area contributed by atoms with E-state index in [0.29, 0.717) is 5.75 Å². The van der Waals surface area contributed by atoms with Gasteiger partial charge in [0.25, 0.3) is 17.6 Å². The maximum atomic E-state index is 13.7. The Balaban J connectivity index is 1.87. The number of carbonyl (C=O) groups is 5. The average molecular weight is 690 g/mol. The largest absolute Gasteiger partial charge is 0.497 e. The number of hydrogen-bond acceptors (Lipinski definition) is 7. The van der Waals surface area contributed by atoms with Gasteiger partial charge in [-0.2, -0.15) is 13.2 Å². The molecule has 0 saturated heterocycles. The number of rotatable bonds is 15. The van der Waals surface area contributed by atoms with Crippen molar-refractivity contribution in [1.82, 2.24) is 26.3 Å². The van der Waals surface area contributed by atoms with Crippen molar-refractivity contribution in [2.75, 3.05) is 13.7 Å². The second-order valence-electron chi connectivity index (χ2n) is 11.0. The number of carbonyl (C=O) groups excluding carboxylic acids is 5. The first-order valence-electron chi connectivity index (χ1n) is 14.8. The van der Waals surface area contributed by atoms with Gasteiger partial charge in [0.2, 0.25) is 11.8 Å². The van der Waals surface area contributed by atoms with Crippen LogP contribution in [0.25, 0.3) is 0 Å². The summed E-state index contributed by atoms with van der Waals surface area (Å²) in [7, 11) is 1.41. The van der Waals surface area contributed by atoms with Gasteiger partial charge >= 0.3 is 6.18 Å². The normalized spacial score (nSPS) is 13.1. The molecule has 3 aromatic rings. The van der Waals surface area contributed by atoms with E-state index in [1.807, 2.05) is 0 Å². The molecule has 2 aromatic carbocycles. The Labute approximate surface area is 280 Å². The van der Waals surface area contributed by atoms with Crippen LogP contribution in [0.4, 0.5) is 13.2 Å². The number of nitrogens with one attached hydrogen (secondary N) is 4. The van der Waals surface area contributed by atoms with Crippen LogP contribution >= 0.6 is 11.6 Å². The number of Topliss-reactive ketones (excluding diaryl/α,β-unsaturated/α-hetero) is 1. The zero-order chi connectivity index (χ0) is 35.4. The highest BCUT2D eigenvalue weighted by Gasteiger charge is 2.45. The van der Waals surface area contributed by atoms with Gasteiger partial charge in [-0.15, -0.1) is 0 Å². The Morgan fingerprint density at radius 3 is 2.17 bits per heavy atom. The quantitative estimate of drug-likeness (QED) is 0.175. The van der Waals surface area contributed by atoms with Crippen molar-refractivity contribution in [3.8, 4) is 5.75 Å². The van der Waals surface area contributed by atoms with Crippen LogP contribution in [0.2, 0.25) is 5.02 Å². The van der Waals surface area contributed by atoms with Gasteiger partial charge in [0.1, 0.15) is 23.5 Å². The minimum Gasteiger partial charge on any atom is -0.497 e. The lowest BCUT2D eigenvalue weighted by Crippen LogP contribution is -2.54. The first kappa shape index (κ1) is 37.5. The molecule has 0 radical (unpaired) electrons. The minimum absolute atomic E-state index is 0.0290. The Kier molecular flexibility index (Phi) is 13.5. The highest BCUT2D eigenvalue weighted by Crippen LogP contribution is 2.23. The third-order valence-corrected chi connectivity index (χ3v) is 7.32. The number of nitrogens with zero attached hydrogens (tertiary/aromatic N) is 1. The lowest BCUT2D eigenvalue weighted by Gasteiger charge is -2.27. The highest BCUT2D eigenvalue weighted by molar-refractivity contribution is 6.31. The summed E-state index contributed by atoms with van der Waals surface area (Å²) in [6, 6.07) is 11.8. The molecule has 1 heterocycles. The van der Waals surface area contributed by atoms with Crippen molar-refractivity contribution >= 4 is 41.0 Å². The molecule has 4 amide bonds. The second kappa shape index (κ2) is 17.3. The minimum atomic E-state index is -5.22. The van der Waals surface area contributed by atoms with E-state index in [1.54, 1.807) is 18.2 Å². The molecule has 0 saturated carbocycles. The van der Waals surface area contributed by atoms with E-state index in [1.165, 1.54) is 75.7 Å². The van der Waals surface area contributed by atoms with Gasteiger partial charge in [0.15, 0.2) is 0 Å². The van der Waals surface area contributed by atoms with Crippen LogP contribution in [0.15, 0.2) is 72.9 Å². The molecule has 11 nitrogen and oxygen atoms in total. The SMILES string of the molecule is COc1ccc([C@H](NC(=O)[C@H](CCCNC(=O)c2ccccn2)NC(=O)c2cccc(Cl)c2)C(=O)N[C@H](C(=O)C(F)(F)F)C(C)C)cc1. The van der Waals surface area contributed by atoms with E-state index in [9.17, 15) is 37.1 Å². The molecule has 0 aliphatic heterocycles. The number of ether oxygens (including phenoxy) is 1. The van der Waals surface area contributed by atoms with Crippen molar-refractivity contribution in [2.24, 2.45) is 5.92 Å². The number of benzene rings is 2. The molecule has 0 unspecified atom stereocenters. The number of ketones is 1. The fourth-order valence-electron chi connectivity index (χ4n) is 4.52. The lowest BCUT2D eigenvalue weighted by molar-refractivity contribution is -0.175. The van der Waals surface area contributed by atoms with Gasteiger partial charge < -0.3 is 26.0 Å². The topological polar surface area (TPSA) is 156 Å². The van der Waals surface area contributed by atoms with E-state index in [2.05, 4.69) is 26.3 Å². The molecule has 256 valence electrons. The molecule has 0 bridgehead atoms. The van der Waals surface area contributed by atoms with Crippen LogP contribution in [-0.4, -0.2) is 66.3 Å². The van der Waals surface area contributed by atoms with Crippen molar-refractivity contribution in [3.63, 3.8) is 0 Å². The predicted octanol–water partition coefficient (Wildman–Crippen LogP) is 4.18. The van der Waals surface area contributed by atoms with Crippen molar-refractivity contribution < 1.29 is 41.9 Å². The first-order valence-corrected chi connectivity index (χ1v) is 15.2. The number of methoxy groups -OCH3 is 1. The molecule has 0 aliphatic rings. The number of pyridine rings is 1. The third-order valence-electron chi connectivity index (χ3n) is 7.09. The molecular weight excluding hydrogens is 655 g/mol. The number of alkyl halides is 3. The Hall–Kier alpha value is -4.98. The fourth-order valence-corrected chi connectivity index (χ4v) is 4.71. The fraction of sp³-hybridized carbons (Fsp3) is 0.333. The summed E-state index contributed by atoms with van der Waals surface area (Å²) in [5, 5.41) is 10.2. The highest BCUT2D eigenvalue weighted by atomic mass is 35.5. The molecule has 0 fully saturated rings. The summed E-state index contributed by atoms with van der Waals surface area (Å²) in [6.45, 7) is 2.76. The summed E-state index contributed by atoms with van der Waals surface area (Å²) in [5.41, 5.74) is 0.475. The Morgan fingerprint density at radius 1 is 0.875 bits per heavy atom. The van der Waals surface area contributed by atoms with Gasteiger partial charge in [0, 0.05) is 23.3 Å². The van der Waals surface area contributed by atoms with Gasteiger partial charge in [-0.05, 0) is 66.8 Å². The Bertz CT molecular complexity index is 1590. The van der Waals surface area contributed by atoms with Crippen molar-refractivity contribution in [2.45, 2.75) is 51.0 Å². The standard InChI is InChI=1S/C33H35ClF3N5O6/c1-19(2)26(28(43)33(35,36)37)41-32(47)27(20-12-14-23(48-3)15-13-20)42-31(46)25(40-29(44)21-8-6-9-22(34)18-21)11-7-17-39-30(45)24-10-4-5-16-38-24/h4-6,8-10,12-16,18-19,25-27H,7,11,17H2,1-3H3,(H,39,45)(H,40,44)(H,41,47)(H,42,46)/t25-,26-,27-/m0/s1. The van der Waals surface area contributed by atoms with Crippen LogP contribution in [0.3, 0.4) is 0 Å². The third kappa shape index (κ3) is 10.8. The number of aromatic nitrogens is 1. The number of hydrogen-bond donors (Lipinski definition) is 4. The predicted molar refractivity (Wildman–Crippen MR) is 170 cm³/mol. The smallest absolute Gasteiger partial charge is 0.452 e. The van der Waals surface area contributed by atoms with E-state index in [-0.39, 0.29) is 41.2 Å². The number of halogens is 4. The van der Waals surface area contributed by atoms with Crippen molar-refractivity contribution in [3.05, 3.63) is 94.8 Å². The van der Waals surface area contributed by atoms with Crippen LogP contribution in [0.1, 0.15) is 59.1 Å². The molecule has 4 N–H and O–H groups in total. The summed E-state index contributed by atoms with van der Waals surface area (Å²) < 4.78 is 45.2. The van der Waals surface area contributed by atoms with Crippen LogP contribution < -0.4 is 26.0 Å². The monoisotopic (exact) mass is 689 g/mol. The molecule has 15 heteroatoms. The van der Waals surface area contributed by atoms with Crippen molar-refractivity contribution in [1.29, 1.82) is 0 Å². The number of amides is 4. The maximum Gasteiger partial charge on any atom is 0.452 e. The Morgan fingerprint density at radius 2 is 1.58 bits per heavy atom. The molecule has 3 atom stereocenters. The van der Waals surface area contributed by atoms with Crippen LogP contribution in [-0.2, 0) is 14.4 Å². The summed E-state index contributed by atoms with van der Waals surface area (Å²) in [5.74, 6) is -5.77. The van der Waals surface area contributed by atoms with Crippen LogP contribution in [0, 0.1) is 5.92 Å². The van der Waals surface area contributed by atoms with E-state index < -0.39 is 59.6 Å². The maximum absolute atomic E-state index is 13.7. The molecule has 0 spiro atoms. The van der Waals surface area contributed by atoms with Crippen LogP contribution in [0.5, 0.6) is 5.75 Å². The van der Waals surface area contributed by atoms with Gasteiger partial charge in [-0.25, -0.2) is 0 Å². The van der Waals surface area contributed by atoms with Gasteiger partial charge in [-0.3, -0.25) is 29.0 Å². The zero-order valence-corrected chi connectivity index (χ0v) is 27.0. The average Bonchev–Trinajstić information content (AvgIpc) is 3.06. The first-order chi connectivity index (χ1) is 22.7. The van der Waals surface area contributed by atoms with E-state index in [4.69, 9.17) is 16.3 Å². The van der Waals surface area contributed by atoms with Gasteiger partial charge in [0.05, 0.1) is 13.2 Å². The lowest BCUT2D eigenvalue weighted by atomic mass is 9.97. The summed E-state index contributed by atoms with van der Waals surface area (Å²) in [4.78, 5) is 68.9. The molecule has 48 heavy (non-hydrogen) atoms. The second-order valence-corrected chi connectivity index (χ2v) is 11.4. The molecule has 3 rings (SSSR count). The van der Waals surface area contributed by atoms with E-state index >= 15 is 0 Å². The summed E-state index contributed by atoms with van der Waals surface area (Å²) >= 11 is 6.03.